The number of thiocarbonyl (C=S) groups is 1. The lowest BCUT2D eigenvalue weighted by Crippen LogP contribution is -2.31. The van der Waals surface area contributed by atoms with Crippen LogP contribution in [0.2, 0.25) is 0 Å². The summed E-state index contributed by atoms with van der Waals surface area (Å²) in [5.74, 6) is -0.370. The molecular weight excluding hydrogens is 428 g/mol. The number of aromatic nitrogens is 1. The third-order valence-corrected chi connectivity index (χ3v) is 5.94. The molecule has 3 aromatic rings. The van der Waals surface area contributed by atoms with Gasteiger partial charge in [0.05, 0.1) is 17.1 Å². The molecule has 1 aromatic heterocycles. The predicted octanol–water partition coefficient (Wildman–Crippen LogP) is 4.65. The van der Waals surface area contributed by atoms with Crippen LogP contribution in [-0.2, 0) is 16.0 Å². The first kappa shape index (κ1) is 20.9. The zero-order valence-electron chi connectivity index (χ0n) is 17.0. The highest BCUT2D eigenvalue weighted by molar-refractivity contribution is 7.80. The Labute approximate surface area is 189 Å². The molecule has 0 spiro atoms. The normalized spacial score (nSPS) is 14.8. The summed E-state index contributed by atoms with van der Waals surface area (Å²) in [6.07, 6.45) is 2.45. The topological polar surface area (TPSA) is 65.5 Å². The Bertz CT molecular complexity index is 1190. The molecule has 1 aliphatic heterocycles. The summed E-state index contributed by atoms with van der Waals surface area (Å²) in [7, 11) is 0. The maximum Gasteiger partial charge on any atom is 0.281 e. The number of nitrogens with one attached hydrogen (secondary N) is 1. The zero-order chi connectivity index (χ0) is 22.0. The van der Waals surface area contributed by atoms with Gasteiger partial charge in [-0.25, -0.2) is 4.98 Å². The van der Waals surface area contributed by atoms with Crippen LogP contribution in [0.1, 0.15) is 25.1 Å². The van der Waals surface area contributed by atoms with Gasteiger partial charge in [0, 0.05) is 12.3 Å². The average Bonchev–Trinajstić information content (AvgIpc) is 3.32. The first-order valence-electron chi connectivity index (χ1n) is 9.76. The second-order valence-corrected chi connectivity index (χ2v) is 8.08. The number of carbonyl (C=O) groups excluding carboxylic acids is 2. The van der Waals surface area contributed by atoms with Gasteiger partial charge < -0.3 is 5.32 Å². The highest BCUT2D eigenvalue weighted by Gasteiger charge is 2.33. The average molecular weight is 449 g/mol. The summed E-state index contributed by atoms with van der Waals surface area (Å²) in [6, 6.07) is 17.0. The third kappa shape index (κ3) is 4.12. The second kappa shape index (κ2) is 8.79. The van der Waals surface area contributed by atoms with E-state index in [1.54, 1.807) is 11.0 Å². The first-order chi connectivity index (χ1) is 15.0. The van der Waals surface area contributed by atoms with Gasteiger partial charge >= 0.3 is 0 Å². The summed E-state index contributed by atoms with van der Waals surface area (Å²) in [5.41, 5.74) is 3.48. The fraction of sp³-hybridized carbons (Fsp3) is 0.130. The fourth-order valence-electron chi connectivity index (χ4n) is 3.38. The SMILES string of the molecule is CCc1ccccc1N1C(=O)/C(=C\c2csc(N(C(C)=O)c3ccccc3)n2)NC1=S. The standard InChI is InChI=1S/C23H20N4O2S2/c1-3-16-9-7-8-12-20(16)27-21(29)19(25-22(27)30)13-17-14-31-23(24-17)26(15(2)28)18-10-5-4-6-11-18/h4-14H,3H2,1-2H3,(H,25,30)/b19-13+. The fourth-order valence-corrected chi connectivity index (χ4v) is 4.51. The lowest BCUT2D eigenvalue weighted by Gasteiger charge is -2.17. The van der Waals surface area contributed by atoms with Crippen LogP contribution in [0.25, 0.3) is 6.08 Å². The number of hydrogen-bond donors (Lipinski definition) is 1. The van der Waals surface area contributed by atoms with Gasteiger partial charge in [0.25, 0.3) is 5.91 Å². The molecule has 1 saturated heterocycles. The van der Waals surface area contributed by atoms with Crippen LogP contribution < -0.4 is 15.1 Å². The monoisotopic (exact) mass is 448 g/mol. The first-order valence-corrected chi connectivity index (χ1v) is 11.0. The Balaban J connectivity index is 1.63. The smallest absolute Gasteiger partial charge is 0.281 e. The minimum atomic E-state index is -0.230. The molecule has 1 fully saturated rings. The van der Waals surface area contributed by atoms with Crippen molar-refractivity contribution in [2.45, 2.75) is 20.3 Å². The number of para-hydroxylation sites is 2. The van der Waals surface area contributed by atoms with Crippen molar-refractivity contribution in [1.82, 2.24) is 10.3 Å². The van der Waals surface area contributed by atoms with Crippen LogP contribution in [0.15, 0.2) is 65.7 Å². The predicted molar refractivity (Wildman–Crippen MR) is 128 cm³/mol. The molecule has 156 valence electrons. The Morgan fingerprint density at radius 1 is 1.19 bits per heavy atom. The molecule has 8 heteroatoms. The molecule has 1 aliphatic rings. The molecule has 2 amide bonds. The number of hydrogen-bond acceptors (Lipinski definition) is 5. The summed E-state index contributed by atoms with van der Waals surface area (Å²) < 4.78 is 0. The van der Waals surface area contributed by atoms with Crippen molar-refractivity contribution in [3.8, 4) is 0 Å². The summed E-state index contributed by atoms with van der Waals surface area (Å²) in [4.78, 5) is 32.9. The van der Waals surface area contributed by atoms with Gasteiger partial charge in [-0.05, 0) is 48.5 Å². The molecule has 0 bridgehead atoms. The number of nitrogens with zero attached hydrogens (tertiary/aromatic N) is 3. The molecule has 1 N–H and O–H groups in total. The lowest BCUT2D eigenvalue weighted by molar-refractivity contribution is -0.116. The van der Waals surface area contributed by atoms with Crippen LogP contribution in [0.3, 0.4) is 0 Å². The molecule has 0 unspecified atom stereocenters. The van der Waals surface area contributed by atoms with E-state index < -0.39 is 0 Å². The minimum Gasteiger partial charge on any atom is -0.327 e. The van der Waals surface area contributed by atoms with Gasteiger partial charge in [0.15, 0.2) is 10.2 Å². The van der Waals surface area contributed by atoms with Crippen LogP contribution >= 0.6 is 23.6 Å². The van der Waals surface area contributed by atoms with Crippen molar-refractivity contribution in [1.29, 1.82) is 0 Å². The van der Waals surface area contributed by atoms with Gasteiger partial charge in [-0.3, -0.25) is 19.4 Å². The zero-order valence-corrected chi connectivity index (χ0v) is 18.7. The third-order valence-electron chi connectivity index (χ3n) is 4.81. The molecule has 4 rings (SSSR count). The van der Waals surface area contributed by atoms with Crippen molar-refractivity contribution in [2.75, 3.05) is 9.80 Å². The Hall–Kier alpha value is -3.36. The van der Waals surface area contributed by atoms with Gasteiger partial charge in [0.2, 0.25) is 5.91 Å². The largest absolute Gasteiger partial charge is 0.327 e. The maximum absolute atomic E-state index is 13.1. The molecule has 0 aliphatic carbocycles. The number of thiazole rings is 1. The van der Waals surface area contributed by atoms with Crippen LogP contribution in [0.4, 0.5) is 16.5 Å². The minimum absolute atomic E-state index is 0.140. The van der Waals surface area contributed by atoms with E-state index in [1.807, 2.05) is 66.9 Å². The van der Waals surface area contributed by atoms with E-state index in [-0.39, 0.29) is 11.8 Å². The summed E-state index contributed by atoms with van der Waals surface area (Å²) >= 11 is 6.76. The maximum atomic E-state index is 13.1. The molecule has 2 aromatic carbocycles. The van der Waals surface area contributed by atoms with E-state index in [0.29, 0.717) is 21.6 Å². The number of anilines is 3. The number of aryl methyl sites for hydroxylation is 1. The number of amides is 2. The van der Waals surface area contributed by atoms with Crippen molar-refractivity contribution in [2.24, 2.45) is 0 Å². The van der Waals surface area contributed by atoms with Crippen molar-refractivity contribution < 1.29 is 9.59 Å². The molecule has 0 radical (unpaired) electrons. The number of rotatable bonds is 5. The van der Waals surface area contributed by atoms with E-state index in [0.717, 1.165) is 23.4 Å². The highest BCUT2D eigenvalue weighted by Crippen LogP contribution is 2.30. The molecule has 2 heterocycles. The Morgan fingerprint density at radius 3 is 2.61 bits per heavy atom. The van der Waals surface area contributed by atoms with E-state index in [2.05, 4.69) is 10.3 Å². The van der Waals surface area contributed by atoms with E-state index in [1.165, 1.54) is 23.2 Å². The Morgan fingerprint density at radius 2 is 1.90 bits per heavy atom. The van der Waals surface area contributed by atoms with Crippen molar-refractivity contribution >= 4 is 63.1 Å². The molecule has 6 nitrogen and oxygen atoms in total. The van der Waals surface area contributed by atoms with E-state index in [9.17, 15) is 9.59 Å². The number of carbonyl (C=O) groups is 2. The second-order valence-electron chi connectivity index (χ2n) is 6.86. The quantitative estimate of drug-likeness (QED) is 0.455. The van der Waals surface area contributed by atoms with E-state index >= 15 is 0 Å². The van der Waals surface area contributed by atoms with Gasteiger partial charge in [-0.2, -0.15) is 0 Å². The lowest BCUT2D eigenvalue weighted by atomic mass is 10.1. The van der Waals surface area contributed by atoms with Crippen molar-refractivity contribution in [3.63, 3.8) is 0 Å². The summed E-state index contributed by atoms with van der Waals surface area (Å²) in [5, 5.41) is 5.67. The molecular formula is C23H20N4O2S2. The van der Waals surface area contributed by atoms with Crippen LogP contribution in [0.5, 0.6) is 0 Å². The molecule has 31 heavy (non-hydrogen) atoms. The highest BCUT2D eigenvalue weighted by atomic mass is 32.1. The van der Waals surface area contributed by atoms with Gasteiger partial charge in [-0.1, -0.05) is 43.3 Å². The van der Waals surface area contributed by atoms with Crippen LogP contribution in [0, 0.1) is 0 Å². The van der Waals surface area contributed by atoms with Gasteiger partial charge in [0.1, 0.15) is 5.70 Å². The summed E-state index contributed by atoms with van der Waals surface area (Å²) in [6.45, 7) is 3.53. The van der Waals surface area contributed by atoms with Crippen LogP contribution in [-0.4, -0.2) is 21.9 Å². The van der Waals surface area contributed by atoms with Gasteiger partial charge in [-0.15, -0.1) is 11.3 Å². The molecule has 0 saturated carbocycles. The van der Waals surface area contributed by atoms with E-state index in [4.69, 9.17) is 12.2 Å². The number of benzene rings is 2. The molecule has 0 atom stereocenters. The Kier molecular flexibility index (Phi) is 5.92. The van der Waals surface area contributed by atoms with Crippen molar-refractivity contribution in [3.05, 3.63) is 76.9 Å².